The molecule has 1 atom stereocenters. The molecule has 126 valence electrons. The minimum Gasteiger partial charge on any atom is -0.476 e. The lowest BCUT2D eigenvalue weighted by Gasteiger charge is -2.17. The van der Waals surface area contributed by atoms with Crippen LogP contribution in [0.25, 0.3) is 0 Å². The van der Waals surface area contributed by atoms with Crippen LogP contribution in [0.4, 0.5) is 5.82 Å². The number of hydrogen-bond donors (Lipinski definition) is 1. The van der Waals surface area contributed by atoms with Crippen molar-refractivity contribution in [1.29, 1.82) is 0 Å². The summed E-state index contributed by atoms with van der Waals surface area (Å²) in [5, 5.41) is 14.3. The summed E-state index contributed by atoms with van der Waals surface area (Å²) in [4.78, 5) is 25.9. The van der Waals surface area contributed by atoms with Gasteiger partial charge in [0, 0.05) is 5.02 Å². The summed E-state index contributed by atoms with van der Waals surface area (Å²) in [6.45, 7) is 1.60. The topological polar surface area (TPSA) is 94.4 Å². The summed E-state index contributed by atoms with van der Waals surface area (Å²) in [6.07, 6.45) is 1.97. The van der Waals surface area contributed by atoms with E-state index in [-0.39, 0.29) is 24.3 Å². The minimum atomic E-state index is -0.657. The number of nitrogens with one attached hydrogen (secondary N) is 1. The molecule has 0 aliphatic rings. The quantitative estimate of drug-likeness (QED) is 0.611. The zero-order chi connectivity index (χ0) is 17.5. The molecule has 1 aromatic heterocycles. The number of ether oxygens (including phenoxy) is 1. The van der Waals surface area contributed by atoms with Gasteiger partial charge >= 0.3 is 5.82 Å². The van der Waals surface area contributed by atoms with Crippen molar-refractivity contribution in [1.82, 2.24) is 10.3 Å². The third kappa shape index (κ3) is 4.66. The van der Waals surface area contributed by atoms with Gasteiger partial charge in [0.15, 0.2) is 6.61 Å². The summed E-state index contributed by atoms with van der Waals surface area (Å²) in [7, 11) is 0. The number of nitrogens with zero attached hydrogens (tertiary/aromatic N) is 2. The van der Waals surface area contributed by atoms with Crippen molar-refractivity contribution in [3.63, 3.8) is 0 Å². The number of pyridine rings is 1. The van der Waals surface area contributed by atoms with E-state index in [9.17, 15) is 14.9 Å². The van der Waals surface area contributed by atoms with E-state index in [1.807, 2.05) is 19.1 Å². The second kappa shape index (κ2) is 8.26. The van der Waals surface area contributed by atoms with Gasteiger partial charge < -0.3 is 20.2 Å². The molecule has 24 heavy (non-hydrogen) atoms. The molecule has 0 spiro atoms. The van der Waals surface area contributed by atoms with Gasteiger partial charge in [0.2, 0.25) is 5.75 Å². The van der Waals surface area contributed by atoms with Gasteiger partial charge in [-0.1, -0.05) is 30.7 Å². The minimum absolute atomic E-state index is 0.0443. The number of rotatable bonds is 7. The highest BCUT2D eigenvalue weighted by Crippen LogP contribution is 2.23. The van der Waals surface area contributed by atoms with Crippen LogP contribution in [-0.4, -0.2) is 22.4 Å². The lowest BCUT2D eigenvalue weighted by molar-refractivity contribution is -0.390. The van der Waals surface area contributed by atoms with E-state index in [0.717, 1.165) is 5.56 Å². The van der Waals surface area contributed by atoms with Crippen LogP contribution in [-0.2, 0) is 4.79 Å². The molecule has 0 fully saturated rings. The summed E-state index contributed by atoms with van der Waals surface area (Å²) in [5.41, 5.74) is 0.919. The van der Waals surface area contributed by atoms with Crippen molar-refractivity contribution in [2.24, 2.45) is 0 Å². The molecule has 2 rings (SSSR count). The van der Waals surface area contributed by atoms with Crippen molar-refractivity contribution in [3.8, 4) is 5.75 Å². The van der Waals surface area contributed by atoms with Crippen molar-refractivity contribution >= 4 is 23.3 Å². The molecule has 0 saturated heterocycles. The van der Waals surface area contributed by atoms with E-state index in [2.05, 4.69) is 10.3 Å². The maximum atomic E-state index is 12.1. The molecule has 0 saturated carbocycles. The zero-order valence-electron chi connectivity index (χ0n) is 12.9. The van der Waals surface area contributed by atoms with Crippen LogP contribution in [0.15, 0.2) is 42.6 Å². The van der Waals surface area contributed by atoms with E-state index in [0.29, 0.717) is 11.4 Å². The summed E-state index contributed by atoms with van der Waals surface area (Å²) in [5.74, 6) is -0.845. The third-order valence-electron chi connectivity index (χ3n) is 3.30. The molecular weight excluding hydrogens is 334 g/mol. The molecule has 0 aliphatic heterocycles. The Balaban J connectivity index is 1.97. The number of hydrogen-bond acceptors (Lipinski definition) is 5. The molecule has 2 aromatic rings. The fourth-order valence-corrected chi connectivity index (χ4v) is 2.25. The van der Waals surface area contributed by atoms with Crippen LogP contribution in [0, 0.1) is 10.1 Å². The Bertz CT molecular complexity index is 722. The number of benzene rings is 1. The average Bonchev–Trinajstić information content (AvgIpc) is 2.59. The first-order valence-corrected chi connectivity index (χ1v) is 7.66. The molecule has 1 unspecified atom stereocenters. The Morgan fingerprint density at radius 2 is 2.08 bits per heavy atom. The predicted molar refractivity (Wildman–Crippen MR) is 89.0 cm³/mol. The highest BCUT2D eigenvalue weighted by atomic mass is 35.5. The highest BCUT2D eigenvalue weighted by molar-refractivity contribution is 6.30. The van der Waals surface area contributed by atoms with Crippen LogP contribution in [0.5, 0.6) is 5.75 Å². The van der Waals surface area contributed by atoms with Gasteiger partial charge in [-0.2, -0.15) is 0 Å². The second-order valence-corrected chi connectivity index (χ2v) is 5.39. The van der Waals surface area contributed by atoms with Gasteiger partial charge in [0.05, 0.1) is 6.04 Å². The van der Waals surface area contributed by atoms with Crippen molar-refractivity contribution in [2.75, 3.05) is 6.61 Å². The van der Waals surface area contributed by atoms with Gasteiger partial charge in [0.1, 0.15) is 6.20 Å². The normalized spacial score (nSPS) is 11.6. The number of carbonyl (C=O) groups is 1. The SMILES string of the molecule is CCC(NC(=O)COc1cccnc1[N+](=O)[O-])c1ccc(Cl)cc1. The fourth-order valence-electron chi connectivity index (χ4n) is 2.13. The van der Waals surface area contributed by atoms with Gasteiger partial charge in [-0.3, -0.25) is 4.79 Å². The molecule has 1 aromatic carbocycles. The highest BCUT2D eigenvalue weighted by Gasteiger charge is 2.18. The van der Waals surface area contributed by atoms with Crippen molar-refractivity contribution in [3.05, 3.63) is 63.3 Å². The second-order valence-electron chi connectivity index (χ2n) is 4.95. The van der Waals surface area contributed by atoms with Gasteiger partial charge in [0.25, 0.3) is 5.91 Å². The summed E-state index contributed by atoms with van der Waals surface area (Å²) < 4.78 is 5.22. The Morgan fingerprint density at radius 1 is 1.38 bits per heavy atom. The van der Waals surface area contributed by atoms with Gasteiger partial charge in [-0.25, -0.2) is 0 Å². The molecular formula is C16H16ClN3O4. The molecule has 1 N–H and O–H groups in total. The van der Waals surface area contributed by atoms with Crippen LogP contribution < -0.4 is 10.1 Å². The first kappa shape index (κ1) is 17.7. The largest absolute Gasteiger partial charge is 0.476 e. The maximum absolute atomic E-state index is 12.1. The lowest BCUT2D eigenvalue weighted by Crippen LogP contribution is -2.32. The zero-order valence-corrected chi connectivity index (χ0v) is 13.7. The number of amides is 1. The van der Waals surface area contributed by atoms with Gasteiger partial charge in [-0.05, 0) is 46.2 Å². The lowest BCUT2D eigenvalue weighted by atomic mass is 10.0. The number of halogens is 1. The fraction of sp³-hybridized carbons (Fsp3) is 0.250. The monoisotopic (exact) mass is 349 g/mol. The Morgan fingerprint density at radius 3 is 2.71 bits per heavy atom. The molecule has 1 heterocycles. The average molecular weight is 350 g/mol. The van der Waals surface area contributed by atoms with Crippen molar-refractivity contribution < 1.29 is 14.5 Å². The standard InChI is InChI=1S/C16H16ClN3O4/c1-2-13(11-5-7-12(17)8-6-11)19-15(21)10-24-14-4-3-9-18-16(14)20(22)23/h3-9,13H,2,10H2,1H3,(H,19,21). The van der Waals surface area contributed by atoms with Gasteiger partial charge in [-0.15, -0.1) is 0 Å². The van der Waals surface area contributed by atoms with Crippen molar-refractivity contribution in [2.45, 2.75) is 19.4 Å². The van der Waals surface area contributed by atoms with Crippen LogP contribution >= 0.6 is 11.6 Å². The molecule has 0 radical (unpaired) electrons. The Labute approximate surface area is 143 Å². The first-order valence-electron chi connectivity index (χ1n) is 7.28. The van der Waals surface area contributed by atoms with E-state index in [4.69, 9.17) is 16.3 Å². The molecule has 1 amide bonds. The molecule has 7 nitrogen and oxygen atoms in total. The van der Waals surface area contributed by atoms with E-state index in [1.54, 1.807) is 12.1 Å². The first-order chi connectivity index (χ1) is 11.5. The third-order valence-corrected chi connectivity index (χ3v) is 3.55. The number of aromatic nitrogens is 1. The molecule has 0 aliphatic carbocycles. The Hall–Kier alpha value is -2.67. The number of carbonyl (C=O) groups excluding carboxylic acids is 1. The Kier molecular flexibility index (Phi) is 6.08. The molecule has 0 bridgehead atoms. The van der Waals surface area contributed by atoms with Crippen LogP contribution in [0.3, 0.4) is 0 Å². The van der Waals surface area contributed by atoms with Crippen LogP contribution in [0.1, 0.15) is 24.9 Å². The van der Waals surface area contributed by atoms with E-state index < -0.39 is 10.7 Å². The maximum Gasteiger partial charge on any atom is 0.406 e. The van der Waals surface area contributed by atoms with E-state index in [1.165, 1.54) is 18.3 Å². The summed E-state index contributed by atoms with van der Waals surface area (Å²) in [6, 6.07) is 9.88. The smallest absolute Gasteiger partial charge is 0.406 e. The molecule has 8 heteroatoms. The van der Waals surface area contributed by atoms with Crippen LogP contribution in [0.2, 0.25) is 5.02 Å². The van der Waals surface area contributed by atoms with E-state index >= 15 is 0 Å². The summed E-state index contributed by atoms with van der Waals surface area (Å²) >= 11 is 5.85. The number of nitro groups is 1. The predicted octanol–water partition coefficient (Wildman–Crippen LogP) is 3.29.